The van der Waals surface area contributed by atoms with Gasteiger partial charge in [-0.05, 0) is 81.6 Å². The van der Waals surface area contributed by atoms with Crippen LogP contribution in [0.5, 0.6) is 0 Å². The van der Waals surface area contributed by atoms with Gasteiger partial charge in [-0.15, -0.1) is 11.8 Å². The van der Waals surface area contributed by atoms with E-state index in [1.807, 2.05) is 49.8 Å². The summed E-state index contributed by atoms with van der Waals surface area (Å²) < 4.78 is 30.2. The minimum atomic E-state index is -4.03. The lowest BCUT2D eigenvalue weighted by Gasteiger charge is -2.24. The third kappa shape index (κ3) is 6.39. The number of amides is 1. The van der Waals surface area contributed by atoms with Crippen LogP contribution in [0, 0.1) is 20.8 Å². The number of hydrogen-bond donors (Lipinski definition) is 1. The van der Waals surface area contributed by atoms with E-state index in [1.54, 1.807) is 54.6 Å². The van der Waals surface area contributed by atoms with Crippen molar-refractivity contribution in [3.8, 4) is 5.69 Å². The number of hydrogen-bond acceptors (Lipinski definition) is 5. The molecular weight excluding hydrogens is 587 g/mol. The molecule has 3 aromatic carbocycles. The first kappa shape index (κ1) is 29.7. The van der Waals surface area contributed by atoms with E-state index in [2.05, 4.69) is 10.5 Å². The quantitative estimate of drug-likeness (QED) is 0.128. The molecule has 208 valence electrons. The highest BCUT2D eigenvalue weighted by molar-refractivity contribution is 7.98. The highest BCUT2D eigenvalue weighted by Gasteiger charge is 2.27. The Bertz CT molecular complexity index is 1670. The Morgan fingerprint density at radius 2 is 1.70 bits per heavy atom. The third-order valence-corrected chi connectivity index (χ3v) is 9.63. The molecule has 0 radical (unpaired) electrons. The highest BCUT2D eigenvalue weighted by atomic mass is 35.5. The van der Waals surface area contributed by atoms with E-state index in [4.69, 9.17) is 23.2 Å². The number of aromatic nitrogens is 1. The molecule has 1 amide bonds. The first-order chi connectivity index (χ1) is 19.0. The number of hydrazone groups is 1. The highest BCUT2D eigenvalue weighted by Crippen LogP contribution is 2.31. The van der Waals surface area contributed by atoms with E-state index < -0.39 is 22.5 Å². The molecule has 0 saturated heterocycles. The molecular formula is C29H28Cl2N4O3S2. The van der Waals surface area contributed by atoms with Gasteiger partial charge < -0.3 is 4.57 Å². The lowest BCUT2D eigenvalue weighted by atomic mass is 10.2. The van der Waals surface area contributed by atoms with Gasteiger partial charge in [0.05, 0.1) is 32.5 Å². The Morgan fingerprint density at radius 3 is 2.35 bits per heavy atom. The number of halogens is 2. The number of aryl methyl sites for hydroxylation is 2. The summed E-state index contributed by atoms with van der Waals surface area (Å²) in [6.07, 6.45) is 3.43. The van der Waals surface area contributed by atoms with Crippen LogP contribution in [0.25, 0.3) is 5.69 Å². The van der Waals surface area contributed by atoms with Crippen molar-refractivity contribution >= 4 is 62.8 Å². The van der Waals surface area contributed by atoms with Crippen LogP contribution in [-0.4, -0.2) is 37.9 Å². The number of nitrogens with one attached hydrogen (secondary N) is 1. The average Bonchev–Trinajstić information content (AvgIpc) is 3.21. The number of rotatable bonds is 9. The van der Waals surface area contributed by atoms with Crippen molar-refractivity contribution in [3.05, 3.63) is 105 Å². The van der Waals surface area contributed by atoms with Gasteiger partial charge in [-0.3, -0.25) is 9.10 Å². The molecule has 1 N–H and O–H groups in total. The molecule has 0 aliphatic carbocycles. The number of anilines is 1. The number of carbonyl (C=O) groups excluding carboxylic acids is 1. The Morgan fingerprint density at radius 1 is 1.02 bits per heavy atom. The first-order valence-electron chi connectivity index (χ1n) is 12.2. The van der Waals surface area contributed by atoms with Crippen LogP contribution in [0.2, 0.25) is 10.0 Å². The van der Waals surface area contributed by atoms with Crippen molar-refractivity contribution in [1.82, 2.24) is 9.99 Å². The summed E-state index contributed by atoms with van der Waals surface area (Å²) in [5, 5.41) is 4.99. The zero-order valence-electron chi connectivity index (χ0n) is 22.4. The predicted octanol–water partition coefficient (Wildman–Crippen LogP) is 6.78. The molecule has 11 heteroatoms. The zero-order chi connectivity index (χ0) is 29.0. The summed E-state index contributed by atoms with van der Waals surface area (Å²) in [6, 6.07) is 20.8. The van der Waals surface area contributed by atoms with Crippen LogP contribution in [0.3, 0.4) is 0 Å². The topological polar surface area (TPSA) is 83.8 Å². The second-order valence-electron chi connectivity index (χ2n) is 9.05. The minimum absolute atomic E-state index is 0.0919. The van der Waals surface area contributed by atoms with E-state index in [0.29, 0.717) is 15.7 Å². The average molecular weight is 616 g/mol. The molecule has 0 atom stereocenters. The van der Waals surface area contributed by atoms with Crippen LogP contribution in [0.1, 0.15) is 22.5 Å². The van der Waals surface area contributed by atoms with Crippen molar-refractivity contribution in [1.29, 1.82) is 0 Å². The maximum absolute atomic E-state index is 13.6. The lowest BCUT2D eigenvalue weighted by Crippen LogP contribution is -2.39. The molecule has 4 aromatic rings. The van der Waals surface area contributed by atoms with Gasteiger partial charge in [0, 0.05) is 21.8 Å². The summed E-state index contributed by atoms with van der Waals surface area (Å²) in [4.78, 5) is 14.0. The van der Waals surface area contributed by atoms with Crippen molar-refractivity contribution in [2.24, 2.45) is 5.10 Å². The fourth-order valence-corrected chi connectivity index (χ4v) is 6.40. The number of sulfonamides is 1. The van der Waals surface area contributed by atoms with Crippen LogP contribution in [-0.2, 0) is 14.8 Å². The smallest absolute Gasteiger partial charge is 0.264 e. The largest absolute Gasteiger partial charge is 0.316 e. The summed E-state index contributed by atoms with van der Waals surface area (Å²) >= 11 is 14.2. The molecule has 0 bridgehead atoms. The Hall–Kier alpha value is -3.24. The predicted molar refractivity (Wildman–Crippen MR) is 165 cm³/mol. The van der Waals surface area contributed by atoms with Crippen LogP contribution in [0.4, 0.5) is 5.69 Å². The normalized spacial score (nSPS) is 11.7. The van der Waals surface area contributed by atoms with Crippen LogP contribution >= 0.6 is 35.0 Å². The van der Waals surface area contributed by atoms with Crippen LogP contribution in [0.15, 0.2) is 87.7 Å². The van der Waals surface area contributed by atoms with E-state index in [0.717, 1.165) is 37.4 Å². The molecule has 7 nitrogen and oxygen atoms in total. The van der Waals surface area contributed by atoms with E-state index in [9.17, 15) is 13.2 Å². The molecule has 0 fully saturated rings. The standard InChI is InChI=1S/C29H28Cl2N4O3S2/c1-19-8-10-23(11-9-19)34(40(37,38)25-14-12-24(39-4)13-15-25)18-28(36)33-32-17-22-16-20(2)35(21(22)3)27-7-5-6-26(30)29(27)31/h5-17H,18H2,1-4H3,(H,33,36)/b32-17+. The van der Waals surface area contributed by atoms with E-state index in [1.165, 1.54) is 18.0 Å². The van der Waals surface area contributed by atoms with E-state index in [-0.39, 0.29) is 4.90 Å². The molecule has 0 aliphatic rings. The maximum atomic E-state index is 13.6. The SMILES string of the molecule is CSc1ccc(S(=O)(=O)N(CC(=O)N/N=C/c2cc(C)n(-c3cccc(Cl)c3Cl)c2C)c2ccc(C)cc2)cc1. The first-order valence-corrected chi connectivity index (χ1v) is 15.6. The van der Waals surface area contributed by atoms with Gasteiger partial charge in [0.1, 0.15) is 6.54 Å². The number of nitrogens with zero attached hydrogens (tertiary/aromatic N) is 3. The molecule has 0 aliphatic heterocycles. The second kappa shape index (κ2) is 12.5. The lowest BCUT2D eigenvalue weighted by molar-refractivity contribution is -0.119. The molecule has 1 aromatic heterocycles. The minimum Gasteiger partial charge on any atom is -0.316 e. The van der Waals surface area contributed by atoms with Crippen molar-refractivity contribution in [3.63, 3.8) is 0 Å². The van der Waals surface area contributed by atoms with Gasteiger partial charge in [0.15, 0.2) is 0 Å². The monoisotopic (exact) mass is 614 g/mol. The van der Waals surface area contributed by atoms with Crippen molar-refractivity contribution < 1.29 is 13.2 Å². The summed E-state index contributed by atoms with van der Waals surface area (Å²) in [7, 11) is -4.03. The van der Waals surface area contributed by atoms with Crippen LogP contribution < -0.4 is 9.73 Å². The van der Waals surface area contributed by atoms with Gasteiger partial charge in [0.25, 0.3) is 15.9 Å². The van der Waals surface area contributed by atoms with Gasteiger partial charge in [-0.1, -0.05) is 47.0 Å². The second-order valence-corrected chi connectivity index (χ2v) is 12.6. The van der Waals surface area contributed by atoms with Crippen molar-refractivity contribution in [2.75, 3.05) is 17.1 Å². The zero-order valence-corrected chi connectivity index (χ0v) is 25.5. The molecule has 0 spiro atoms. The van der Waals surface area contributed by atoms with Gasteiger partial charge in [-0.2, -0.15) is 5.10 Å². The van der Waals surface area contributed by atoms with E-state index >= 15 is 0 Å². The molecule has 1 heterocycles. The molecule has 40 heavy (non-hydrogen) atoms. The van der Waals surface area contributed by atoms with Gasteiger partial charge in [-0.25, -0.2) is 13.8 Å². The maximum Gasteiger partial charge on any atom is 0.264 e. The number of benzene rings is 3. The molecule has 4 rings (SSSR count). The Labute approximate surface area is 248 Å². The number of carbonyl (C=O) groups is 1. The fourth-order valence-electron chi connectivity index (χ4n) is 4.19. The van der Waals surface area contributed by atoms with Gasteiger partial charge >= 0.3 is 0 Å². The molecule has 0 saturated carbocycles. The van der Waals surface area contributed by atoms with Crippen molar-refractivity contribution in [2.45, 2.75) is 30.6 Å². The Kier molecular flexibility index (Phi) is 9.30. The molecule has 0 unspecified atom stereocenters. The summed E-state index contributed by atoms with van der Waals surface area (Å²) in [6.45, 7) is 5.28. The summed E-state index contributed by atoms with van der Waals surface area (Å²) in [5.41, 5.74) is 7.04. The summed E-state index contributed by atoms with van der Waals surface area (Å²) in [5.74, 6) is -0.590. The number of thioether (sulfide) groups is 1. The van der Waals surface area contributed by atoms with Gasteiger partial charge in [0.2, 0.25) is 0 Å². The Balaban J connectivity index is 1.56. The third-order valence-electron chi connectivity index (χ3n) is 6.29. The fraction of sp³-hybridized carbons (Fsp3) is 0.172.